The van der Waals surface area contributed by atoms with Crippen molar-refractivity contribution in [3.8, 4) is 0 Å². The number of sulfonamides is 1. The van der Waals surface area contributed by atoms with Crippen molar-refractivity contribution >= 4 is 27.3 Å². The van der Waals surface area contributed by atoms with Gasteiger partial charge in [-0.15, -0.1) is 0 Å². The lowest BCUT2D eigenvalue weighted by Gasteiger charge is -2.07. The summed E-state index contributed by atoms with van der Waals surface area (Å²) in [7, 11) is -3.54. The van der Waals surface area contributed by atoms with Gasteiger partial charge in [0.15, 0.2) is 0 Å². The zero-order valence-electron chi connectivity index (χ0n) is 8.83. The molecule has 0 aliphatic heterocycles. The van der Waals surface area contributed by atoms with Crippen molar-refractivity contribution in [1.82, 2.24) is 4.72 Å². The molecule has 4 nitrogen and oxygen atoms in total. The molecule has 1 aromatic rings. The fourth-order valence-electron chi connectivity index (χ4n) is 0.991. The van der Waals surface area contributed by atoms with Gasteiger partial charge in [-0.25, -0.2) is 13.1 Å². The quantitative estimate of drug-likeness (QED) is 0.640. The van der Waals surface area contributed by atoms with Gasteiger partial charge in [0.2, 0.25) is 10.0 Å². The van der Waals surface area contributed by atoms with E-state index in [2.05, 4.69) is 11.3 Å². The van der Waals surface area contributed by atoms with E-state index in [-0.39, 0.29) is 17.1 Å². The van der Waals surface area contributed by atoms with Gasteiger partial charge >= 0.3 is 0 Å². The van der Waals surface area contributed by atoms with Crippen LogP contribution in [0, 0.1) is 0 Å². The Balaban J connectivity index is 2.99. The van der Waals surface area contributed by atoms with Crippen LogP contribution in [0.5, 0.6) is 0 Å². The molecule has 1 aromatic carbocycles. The Morgan fingerprint density at radius 2 is 2.19 bits per heavy atom. The van der Waals surface area contributed by atoms with Crippen molar-refractivity contribution in [2.45, 2.75) is 11.8 Å². The summed E-state index contributed by atoms with van der Waals surface area (Å²) in [6.07, 6.45) is 0. The minimum absolute atomic E-state index is 0.0932. The first-order valence-corrected chi connectivity index (χ1v) is 6.38. The number of hydrogen-bond donors (Lipinski definition) is 2. The number of halogens is 1. The van der Waals surface area contributed by atoms with Gasteiger partial charge < -0.3 is 5.73 Å². The van der Waals surface area contributed by atoms with Crippen LogP contribution in [0.4, 0.5) is 5.69 Å². The second-order valence-corrected chi connectivity index (χ2v) is 5.64. The summed E-state index contributed by atoms with van der Waals surface area (Å²) < 4.78 is 25.9. The number of hydrogen-bond acceptors (Lipinski definition) is 3. The molecule has 0 unspecified atom stereocenters. The highest BCUT2D eigenvalue weighted by molar-refractivity contribution is 7.89. The second-order valence-electron chi connectivity index (χ2n) is 3.46. The van der Waals surface area contributed by atoms with E-state index in [9.17, 15) is 8.42 Å². The summed E-state index contributed by atoms with van der Waals surface area (Å²) >= 11 is 5.70. The van der Waals surface area contributed by atoms with E-state index in [4.69, 9.17) is 17.3 Å². The molecule has 0 aliphatic carbocycles. The molecule has 0 atom stereocenters. The van der Waals surface area contributed by atoms with Crippen LogP contribution >= 0.6 is 11.6 Å². The summed E-state index contributed by atoms with van der Waals surface area (Å²) in [6, 6.07) is 4.18. The molecule has 0 aromatic heterocycles. The molecule has 0 aliphatic rings. The number of nitrogen functional groups attached to an aromatic ring is 1. The van der Waals surface area contributed by atoms with E-state index in [1.807, 2.05) is 0 Å². The Morgan fingerprint density at radius 1 is 1.56 bits per heavy atom. The molecule has 0 saturated carbocycles. The van der Waals surface area contributed by atoms with Crippen LogP contribution in [0.2, 0.25) is 5.02 Å². The molecular weight excluding hydrogens is 248 g/mol. The SMILES string of the molecule is C=C(C)CNS(=O)(=O)c1ccc(Cl)c(N)c1. The Morgan fingerprint density at radius 3 is 2.69 bits per heavy atom. The van der Waals surface area contributed by atoms with Gasteiger partial charge in [0.1, 0.15) is 0 Å². The van der Waals surface area contributed by atoms with Gasteiger partial charge in [0.25, 0.3) is 0 Å². The summed E-state index contributed by atoms with van der Waals surface area (Å²) in [5.74, 6) is 0. The van der Waals surface area contributed by atoms with Gasteiger partial charge in [-0.3, -0.25) is 0 Å². The average Bonchev–Trinajstić information content (AvgIpc) is 2.19. The Labute approximate surface area is 100 Å². The summed E-state index contributed by atoms with van der Waals surface area (Å²) in [5, 5.41) is 0.332. The normalized spacial score (nSPS) is 11.4. The Kier molecular flexibility index (Phi) is 3.96. The molecular formula is C10H13ClN2O2S. The number of nitrogens with two attached hydrogens (primary N) is 1. The van der Waals surface area contributed by atoms with E-state index < -0.39 is 10.0 Å². The van der Waals surface area contributed by atoms with E-state index in [1.54, 1.807) is 6.92 Å². The van der Waals surface area contributed by atoms with E-state index in [1.165, 1.54) is 18.2 Å². The van der Waals surface area contributed by atoms with Crippen molar-refractivity contribution in [3.05, 3.63) is 35.4 Å². The largest absolute Gasteiger partial charge is 0.397 e. The fourth-order valence-corrected chi connectivity index (χ4v) is 2.24. The molecule has 0 bridgehead atoms. The van der Waals surface area contributed by atoms with Gasteiger partial charge in [-0.2, -0.15) is 0 Å². The molecule has 0 radical (unpaired) electrons. The lowest BCUT2D eigenvalue weighted by molar-refractivity contribution is 0.585. The zero-order valence-corrected chi connectivity index (χ0v) is 10.4. The van der Waals surface area contributed by atoms with E-state index >= 15 is 0 Å². The highest BCUT2D eigenvalue weighted by Gasteiger charge is 2.14. The highest BCUT2D eigenvalue weighted by Crippen LogP contribution is 2.21. The number of benzene rings is 1. The molecule has 88 valence electrons. The predicted octanol–water partition coefficient (Wildman–Crippen LogP) is 1.78. The third-order valence-electron chi connectivity index (χ3n) is 1.84. The number of nitrogens with one attached hydrogen (secondary N) is 1. The lowest BCUT2D eigenvalue weighted by Crippen LogP contribution is -2.25. The first kappa shape index (κ1) is 13.0. The van der Waals surface area contributed by atoms with Crippen LogP contribution in [0.15, 0.2) is 35.2 Å². The van der Waals surface area contributed by atoms with Crippen molar-refractivity contribution in [2.75, 3.05) is 12.3 Å². The summed E-state index contributed by atoms with van der Waals surface area (Å²) in [5.41, 5.74) is 6.49. The lowest BCUT2D eigenvalue weighted by atomic mass is 10.3. The smallest absolute Gasteiger partial charge is 0.240 e. The standard InChI is InChI=1S/C10H13ClN2O2S/c1-7(2)6-13-16(14,15)8-3-4-9(11)10(12)5-8/h3-5,13H,1,6,12H2,2H3. The predicted molar refractivity (Wildman–Crippen MR) is 65.9 cm³/mol. The Bertz CT molecular complexity index is 512. The third kappa shape index (κ3) is 3.23. The van der Waals surface area contributed by atoms with Crippen LogP contribution in [-0.2, 0) is 10.0 Å². The second kappa shape index (κ2) is 4.86. The minimum Gasteiger partial charge on any atom is -0.397 e. The van der Waals surface area contributed by atoms with Crippen LogP contribution in [0.25, 0.3) is 0 Å². The maximum absolute atomic E-state index is 11.7. The molecule has 0 fully saturated rings. The maximum Gasteiger partial charge on any atom is 0.240 e. The molecule has 16 heavy (non-hydrogen) atoms. The van der Waals surface area contributed by atoms with E-state index in [0.29, 0.717) is 5.02 Å². The molecule has 0 saturated heterocycles. The molecule has 0 spiro atoms. The number of rotatable bonds is 4. The maximum atomic E-state index is 11.7. The van der Waals surface area contributed by atoms with Crippen LogP contribution < -0.4 is 10.5 Å². The summed E-state index contributed by atoms with van der Waals surface area (Å²) in [4.78, 5) is 0.0932. The third-order valence-corrected chi connectivity index (χ3v) is 3.58. The molecule has 0 amide bonds. The van der Waals surface area contributed by atoms with Gasteiger partial charge in [0.05, 0.1) is 15.6 Å². The Hall–Kier alpha value is -1.04. The topological polar surface area (TPSA) is 72.2 Å². The van der Waals surface area contributed by atoms with Gasteiger partial charge in [-0.05, 0) is 25.1 Å². The average molecular weight is 261 g/mol. The van der Waals surface area contributed by atoms with Crippen LogP contribution in [0.3, 0.4) is 0 Å². The van der Waals surface area contributed by atoms with Crippen LogP contribution in [0.1, 0.15) is 6.92 Å². The minimum atomic E-state index is -3.54. The first-order valence-electron chi connectivity index (χ1n) is 4.52. The molecule has 6 heteroatoms. The van der Waals surface area contributed by atoms with E-state index in [0.717, 1.165) is 5.57 Å². The monoisotopic (exact) mass is 260 g/mol. The van der Waals surface area contributed by atoms with Crippen molar-refractivity contribution in [1.29, 1.82) is 0 Å². The van der Waals surface area contributed by atoms with Crippen molar-refractivity contribution < 1.29 is 8.42 Å². The van der Waals surface area contributed by atoms with Crippen molar-refractivity contribution in [3.63, 3.8) is 0 Å². The highest BCUT2D eigenvalue weighted by atomic mass is 35.5. The van der Waals surface area contributed by atoms with Crippen molar-refractivity contribution in [2.24, 2.45) is 0 Å². The molecule has 3 N–H and O–H groups in total. The van der Waals surface area contributed by atoms with Crippen LogP contribution in [-0.4, -0.2) is 15.0 Å². The number of anilines is 1. The summed E-state index contributed by atoms with van der Waals surface area (Å²) in [6.45, 7) is 5.54. The fraction of sp³-hybridized carbons (Fsp3) is 0.200. The van der Waals surface area contributed by atoms with Gasteiger partial charge in [0, 0.05) is 6.54 Å². The molecule has 0 heterocycles. The first-order chi connectivity index (χ1) is 7.33. The zero-order chi connectivity index (χ0) is 12.3. The van der Waals surface area contributed by atoms with Gasteiger partial charge in [-0.1, -0.05) is 23.8 Å². The molecule has 1 rings (SSSR count).